The largest absolute Gasteiger partial charge is 0.497 e. The van der Waals surface area contributed by atoms with Crippen LogP contribution < -0.4 is 14.5 Å². The van der Waals surface area contributed by atoms with Gasteiger partial charge in [0.15, 0.2) is 5.60 Å². The van der Waals surface area contributed by atoms with Crippen LogP contribution in [0.25, 0.3) is 0 Å². The van der Waals surface area contributed by atoms with Gasteiger partial charge >= 0.3 is 6.09 Å². The van der Waals surface area contributed by atoms with Gasteiger partial charge in [0.2, 0.25) is 5.91 Å². The maximum atomic E-state index is 14.7. The van der Waals surface area contributed by atoms with E-state index in [0.717, 1.165) is 24.2 Å². The number of ether oxygens (including phenoxy) is 3. The molecule has 10 nitrogen and oxygen atoms in total. The molecular weight excluding hydrogens is 574 g/mol. The van der Waals surface area contributed by atoms with Gasteiger partial charge in [-0.3, -0.25) is 14.5 Å². The fourth-order valence-electron chi connectivity index (χ4n) is 8.25. The Labute approximate surface area is 264 Å². The molecule has 0 aromatic heterocycles. The molecule has 2 aromatic rings. The molecule has 240 valence electrons. The minimum absolute atomic E-state index is 0.0784. The summed E-state index contributed by atoms with van der Waals surface area (Å²) in [6.07, 6.45) is 2.34. The second-order valence-electron chi connectivity index (χ2n) is 13.1. The van der Waals surface area contributed by atoms with Crippen molar-refractivity contribution < 1.29 is 33.7 Å². The van der Waals surface area contributed by atoms with E-state index in [4.69, 9.17) is 14.2 Å². The van der Waals surface area contributed by atoms with Gasteiger partial charge in [-0.05, 0) is 54.2 Å². The van der Waals surface area contributed by atoms with Gasteiger partial charge in [-0.1, -0.05) is 39.0 Å². The molecule has 0 aliphatic carbocycles. The zero-order valence-corrected chi connectivity index (χ0v) is 26.5. The maximum Gasteiger partial charge on any atom is 0.414 e. The smallest absolute Gasteiger partial charge is 0.414 e. The predicted octanol–water partition coefficient (Wildman–Crippen LogP) is 4.38. The number of hydrogen-bond acceptors (Lipinski definition) is 7. The Kier molecular flexibility index (Phi) is 8.16. The number of benzene rings is 2. The number of fused-ring (bicyclic) bond motifs is 2. The highest BCUT2D eigenvalue weighted by atomic mass is 16.6. The highest BCUT2D eigenvalue weighted by molar-refractivity contribution is 6.08. The Morgan fingerprint density at radius 2 is 1.93 bits per heavy atom. The standard InChI is InChI=1S/C35H43N3O7/c1-6-15-38-28-14-11-24(37-17-18-44-33(37)42)19-27(28)35(32(38)41)22(2)31(34(3,4)23-9-12-26(43-5)13-10-23)29(45-35)20-30(40)36-16-7-8-25(36)21-39/h6,9-14,19,22,25,29,31,39H,1,7-8,15-18,20-21H2,2-5H3/t22-,25-,29+,31-,35+/m0/s1. The van der Waals surface area contributed by atoms with Crippen LogP contribution in [0.3, 0.4) is 0 Å². The minimum atomic E-state index is -1.39. The Balaban J connectivity index is 1.47. The van der Waals surface area contributed by atoms with Crippen molar-refractivity contribution in [3.63, 3.8) is 0 Å². The molecule has 4 aliphatic rings. The molecule has 4 heterocycles. The molecule has 0 saturated carbocycles. The summed E-state index contributed by atoms with van der Waals surface area (Å²) in [5.41, 5.74) is 1.14. The maximum absolute atomic E-state index is 14.7. The molecular formula is C35H43N3O7. The third kappa shape index (κ3) is 4.89. The van der Waals surface area contributed by atoms with E-state index >= 15 is 0 Å². The lowest BCUT2D eigenvalue weighted by Crippen LogP contribution is -2.46. The zero-order chi connectivity index (χ0) is 32.1. The molecule has 45 heavy (non-hydrogen) atoms. The molecule has 3 saturated heterocycles. The molecule has 5 atom stereocenters. The van der Waals surface area contributed by atoms with Gasteiger partial charge in [0.1, 0.15) is 12.4 Å². The fourth-order valence-corrected chi connectivity index (χ4v) is 8.25. The van der Waals surface area contributed by atoms with Gasteiger partial charge in [0.05, 0.1) is 44.5 Å². The number of methoxy groups -OCH3 is 1. The number of hydrogen-bond donors (Lipinski definition) is 1. The SMILES string of the molecule is C=CCN1C(=O)[C@]2(O[C@H](CC(=O)N3CCC[C@H]3CO)[C@@H](C(C)(C)c3ccc(OC)cc3)[C@@H]2C)c2cc(N3CCOC3=O)ccc21. The third-order valence-corrected chi connectivity index (χ3v) is 10.5. The molecule has 1 N–H and O–H groups in total. The topological polar surface area (TPSA) is 109 Å². The summed E-state index contributed by atoms with van der Waals surface area (Å²) in [4.78, 5) is 46.1. The molecule has 0 radical (unpaired) electrons. The van der Waals surface area contributed by atoms with E-state index in [0.29, 0.717) is 36.6 Å². The second-order valence-corrected chi connectivity index (χ2v) is 13.1. The van der Waals surface area contributed by atoms with E-state index in [9.17, 15) is 19.5 Å². The lowest BCUT2D eigenvalue weighted by Gasteiger charge is -2.39. The third-order valence-electron chi connectivity index (χ3n) is 10.5. The van der Waals surface area contributed by atoms with Crippen molar-refractivity contribution in [2.24, 2.45) is 11.8 Å². The number of aliphatic hydroxyl groups is 1. The van der Waals surface area contributed by atoms with Crippen LogP contribution in [0.2, 0.25) is 0 Å². The number of amides is 3. The van der Waals surface area contributed by atoms with E-state index < -0.39 is 23.2 Å². The molecule has 10 heteroatoms. The quantitative estimate of drug-likeness (QED) is 0.416. The lowest BCUT2D eigenvalue weighted by atomic mass is 9.63. The van der Waals surface area contributed by atoms with E-state index in [-0.39, 0.29) is 49.3 Å². The summed E-state index contributed by atoms with van der Waals surface area (Å²) in [6, 6.07) is 13.3. The first-order chi connectivity index (χ1) is 21.6. The Morgan fingerprint density at radius 3 is 2.58 bits per heavy atom. The van der Waals surface area contributed by atoms with Crippen LogP contribution in [0, 0.1) is 11.8 Å². The van der Waals surface area contributed by atoms with Gasteiger partial charge in [-0.2, -0.15) is 0 Å². The van der Waals surface area contributed by atoms with Crippen molar-refractivity contribution in [3.8, 4) is 5.75 Å². The summed E-state index contributed by atoms with van der Waals surface area (Å²) >= 11 is 0. The number of rotatable bonds is 9. The van der Waals surface area contributed by atoms with Crippen molar-refractivity contribution in [2.75, 3.05) is 49.8 Å². The van der Waals surface area contributed by atoms with Crippen LogP contribution in [-0.2, 0) is 30.1 Å². The number of nitrogens with zero attached hydrogens (tertiary/aromatic N) is 3. The average Bonchev–Trinajstić information content (AvgIpc) is 3.80. The van der Waals surface area contributed by atoms with Crippen molar-refractivity contribution in [2.45, 2.75) is 63.2 Å². The van der Waals surface area contributed by atoms with Crippen molar-refractivity contribution in [1.29, 1.82) is 0 Å². The van der Waals surface area contributed by atoms with Crippen molar-refractivity contribution >= 4 is 29.3 Å². The van der Waals surface area contributed by atoms with Gasteiger partial charge in [-0.15, -0.1) is 6.58 Å². The molecule has 1 spiro atoms. The van der Waals surface area contributed by atoms with Crippen LogP contribution in [0.15, 0.2) is 55.1 Å². The number of anilines is 2. The zero-order valence-electron chi connectivity index (χ0n) is 26.5. The Bertz CT molecular complexity index is 1490. The number of carbonyl (C=O) groups is 3. The molecule has 3 fully saturated rings. The Morgan fingerprint density at radius 1 is 1.18 bits per heavy atom. The number of carbonyl (C=O) groups excluding carboxylic acids is 3. The molecule has 0 unspecified atom stereocenters. The molecule has 6 rings (SSSR count). The van der Waals surface area contributed by atoms with Crippen LogP contribution in [0.5, 0.6) is 5.75 Å². The van der Waals surface area contributed by atoms with Gasteiger partial charge in [-0.25, -0.2) is 4.79 Å². The van der Waals surface area contributed by atoms with E-state index in [1.807, 2.05) is 49.4 Å². The van der Waals surface area contributed by atoms with Crippen LogP contribution in [0.1, 0.15) is 51.2 Å². The first-order valence-electron chi connectivity index (χ1n) is 15.8. The van der Waals surface area contributed by atoms with Gasteiger partial charge in [0.25, 0.3) is 5.91 Å². The summed E-state index contributed by atoms with van der Waals surface area (Å²) in [5, 5.41) is 9.96. The normalized spacial score (nSPS) is 27.8. The van der Waals surface area contributed by atoms with Gasteiger partial charge in [0, 0.05) is 36.2 Å². The van der Waals surface area contributed by atoms with E-state index in [2.05, 4.69) is 20.4 Å². The number of aliphatic hydroxyl groups excluding tert-OH is 1. The van der Waals surface area contributed by atoms with E-state index in [1.54, 1.807) is 27.9 Å². The van der Waals surface area contributed by atoms with Crippen molar-refractivity contribution in [3.05, 3.63) is 66.2 Å². The second kappa shape index (κ2) is 11.8. The minimum Gasteiger partial charge on any atom is -0.497 e. The summed E-state index contributed by atoms with van der Waals surface area (Å²) in [7, 11) is 1.63. The molecule has 4 aliphatic heterocycles. The number of cyclic esters (lactones) is 1. The summed E-state index contributed by atoms with van der Waals surface area (Å²) < 4.78 is 17.7. The number of likely N-dealkylation sites (tertiary alicyclic amines) is 1. The summed E-state index contributed by atoms with van der Waals surface area (Å²) in [6.45, 7) is 11.7. The van der Waals surface area contributed by atoms with Crippen LogP contribution in [0.4, 0.5) is 16.2 Å². The molecule has 0 bridgehead atoms. The summed E-state index contributed by atoms with van der Waals surface area (Å²) in [5.74, 6) is -0.165. The Hall–Kier alpha value is -3.89. The molecule has 2 aromatic carbocycles. The van der Waals surface area contributed by atoms with E-state index in [1.165, 1.54) is 0 Å². The average molecular weight is 618 g/mol. The predicted molar refractivity (Wildman–Crippen MR) is 169 cm³/mol. The van der Waals surface area contributed by atoms with Gasteiger partial charge < -0.3 is 29.1 Å². The fraction of sp³-hybridized carbons (Fsp3) is 0.514. The first-order valence-corrected chi connectivity index (χ1v) is 15.8. The van der Waals surface area contributed by atoms with Crippen molar-refractivity contribution in [1.82, 2.24) is 4.90 Å². The first kappa shape index (κ1) is 31.1. The van der Waals surface area contributed by atoms with Crippen LogP contribution >= 0.6 is 0 Å². The van der Waals surface area contributed by atoms with Crippen LogP contribution in [-0.4, -0.2) is 80.0 Å². The monoisotopic (exact) mass is 617 g/mol. The molecule has 3 amide bonds. The highest BCUT2D eigenvalue weighted by Gasteiger charge is 2.66. The highest BCUT2D eigenvalue weighted by Crippen LogP contribution is 2.60. The lowest BCUT2D eigenvalue weighted by molar-refractivity contribution is -0.150.